The standard InChI is InChI=1S/C62H40N2O/c1-3-16-50(17-4-1)63(52-31-28-41-14-7-8-15-42(41)38-52)53-32-29-43-34-44(26-27-45(43)39-53)47-35-48(37-49(36-47)54-22-13-23-58-57-21-10-12-25-61(57)65-62(54)58)46-30-33-56-55-20-9-11-24-59(55)64(60(56)40-46)51-18-5-2-6-19-51/h1-40H. The second-order valence-electron chi connectivity index (χ2n) is 16.9. The Morgan fingerprint density at radius 1 is 0.308 bits per heavy atom. The highest BCUT2D eigenvalue weighted by molar-refractivity contribution is 6.12. The lowest BCUT2D eigenvalue weighted by Gasteiger charge is -2.26. The average molecular weight is 829 g/mol. The quantitative estimate of drug-likeness (QED) is 0.160. The van der Waals surface area contributed by atoms with Crippen molar-refractivity contribution in [3.8, 4) is 39.1 Å². The molecule has 11 aromatic carbocycles. The Hall–Kier alpha value is -8.66. The van der Waals surface area contributed by atoms with Gasteiger partial charge in [-0.2, -0.15) is 0 Å². The van der Waals surface area contributed by atoms with Crippen molar-refractivity contribution < 1.29 is 4.42 Å². The predicted octanol–water partition coefficient (Wildman–Crippen LogP) is 17.5. The number of furan rings is 1. The lowest BCUT2D eigenvalue weighted by molar-refractivity contribution is 0.670. The number of anilines is 3. The number of para-hydroxylation sites is 5. The molecule has 0 aliphatic heterocycles. The van der Waals surface area contributed by atoms with E-state index in [0.29, 0.717) is 0 Å². The second-order valence-corrected chi connectivity index (χ2v) is 16.9. The number of rotatable bonds is 7. The number of aromatic nitrogens is 1. The van der Waals surface area contributed by atoms with E-state index >= 15 is 0 Å². The summed E-state index contributed by atoms with van der Waals surface area (Å²) in [6.07, 6.45) is 0. The molecule has 0 saturated heterocycles. The summed E-state index contributed by atoms with van der Waals surface area (Å²) >= 11 is 0. The molecule has 3 nitrogen and oxygen atoms in total. The second kappa shape index (κ2) is 15.0. The van der Waals surface area contributed by atoms with Crippen LogP contribution in [-0.4, -0.2) is 4.57 Å². The summed E-state index contributed by atoms with van der Waals surface area (Å²) in [5.41, 5.74) is 15.4. The van der Waals surface area contributed by atoms with E-state index in [0.717, 1.165) is 78.1 Å². The van der Waals surface area contributed by atoms with E-state index in [2.05, 4.69) is 246 Å². The highest BCUT2D eigenvalue weighted by Crippen LogP contribution is 2.42. The zero-order chi connectivity index (χ0) is 42.8. The summed E-state index contributed by atoms with van der Waals surface area (Å²) in [4.78, 5) is 2.35. The van der Waals surface area contributed by atoms with Gasteiger partial charge >= 0.3 is 0 Å². The van der Waals surface area contributed by atoms with Crippen LogP contribution < -0.4 is 4.90 Å². The van der Waals surface area contributed by atoms with Crippen molar-refractivity contribution in [2.75, 3.05) is 4.90 Å². The van der Waals surface area contributed by atoms with Crippen LogP contribution in [0.5, 0.6) is 0 Å². The minimum atomic E-state index is 0.894. The summed E-state index contributed by atoms with van der Waals surface area (Å²) in [5.74, 6) is 0. The Morgan fingerprint density at radius 3 is 1.69 bits per heavy atom. The van der Waals surface area contributed by atoms with Gasteiger partial charge in [-0.3, -0.25) is 0 Å². The van der Waals surface area contributed by atoms with Gasteiger partial charge in [0.15, 0.2) is 0 Å². The molecule has 13 aromatic rings. The van der Waals surface area contributed by atoms with Gasteiger partial charge < -0.3 is 13.9 Å². The molecular weight excluding hydrogens is 789 g/mol. The van der Waals surface area contributed by atoms with Gasteiger partial charge in [0.25, 0.3) is 0 Å². The molecule has 0 atom stereocenters. The fraction of sp³-hybridized carbons (Fsp3) is 0. The number of fused-ring (bicyclic) bond motifs is 8. The summed E-state index contributed by atoms with van der Waals surface area (Å²) in [6.45, 7) is 0. The van der Waals surface area contributed by atoms with Crippen LogP contribution in [0.1, 0.15) is 0 Å². The first-order valence-electron chi connectivity index (χ1n) is 22.2. The Balaban J connectivity index is 0.976. The van der Waals surface area contributed by atoms with Gasteiger partial charge in [-0.05, 0) is 140 Å². The molecule has 2 aromatic heterocycles. The largest absolute Gasteiger partial charge is 0.455 e. The van der Waals surface area contributed by atoms with E-state index in [9.17, 15) is 0 Å². The molecule has 65 heavy (non-hydrogen) atoms. The minimum Gasteiger partial charge on any atom is -0.455 e. The third kappa shape index (κ3) is 6.28. The molecule has 2 heterocycles. The molecule has 304 valence electrons. The molecule has 0 radical (unpaired) electrons. The van der Waals surface area contributed by atoms with Crippen LogP contribution in [0.2, 0.25) is 0 Å². The molecule has 0 N–H and O–H groups in total. The third-order valence-corrected chi connectivity index (χ3v) is 13.1. The topological polar surface area (TPSA) is 21.3 Å². The van der Waals surface area contributed by atoms with Crippen molar-refractivity contribution in [1.82, 2.24) is 4.57 Å². The van der Waals surface area contributed by atoms with E-state index in [1.54, 1.807) is 0 Å². The van der Waals surface area contributed by atoms with Crippen LogP contribution in [0.25, 0.3) is 104 Å². The van der Waals surface area contributed by atoms with Crippen LogP contribution in [-0.2, 0) is 0 Å². The maximum Gasteiger partial charge on any atom is 0.143 e. The van der Waals surface area contributed by atoms with Crippen molar-refractivity contribution in [2.45, 2.75) is 0 Å². The van der Waals surface area contributed by atoms with Gasteiger partial charge in [0.1, 0.15) is 11.2 Å². The average Bonchev–Trinajstić information content (AvgIpc) is 3.92. The molecule has 0 amide bonds. The monoisotopic (exact) mass is 828 g/mol. The predicted molar refractivity (Wildman–Crippen MR) is 274 cm³/mol. The molecule has 0 fully saturated rings. The van der Waals surface area contributed by atoms with Gasteiger partial charge in [0, 0.05) is 49.9 Å². The molecule has 3 heteroatoms. The van der Waals surface area contributed by atoms with Gasteiger partial charge in [0.2, 0.25) is 0 Å². The first kappa shape index (κ1) is 36.9. The summed E-state index contributed by atoms with van der Waals surface area (Å²) < 4.78 is 9.04. The van der Waals surface area contributed by atoms with Crippen molar-refractivity contribution >= 4 is 82.4 Å². The number of benzene rings is 11. The number of hydrogen-bond donors (Lipinski definition) is 0. The molecule has 0 aliphatic carbocycles. The highest BCUT2D eigenvalue weighted by atomic mass is 16.3. The van der Waals surface area contributed by atoms with Gasteiger partial charge in [-0.25, -0.2) is 0 Å². The summed E-state index contributed by atoms with van der Waals surface area (Å²) in [5, 5.41) is 9.52. The normalized spacial score (nSPS) is 11.7. The van der Waals surface area contributed by atoms with E-state index < -0.39 is 0 Å². The maximum absolute atomic E-state index is 6.65. The van der Waals surface area contributed by atoms with Crippen molar-refractivity contribution in [3.63, 3.8) is 0 Å². The van der Waals surface area contributed by atoms with Crippen molar-refractivity contribution in [3.05, 3.63) is 243 Å². The Bertz CT molecular complexity index is 3950. The van der Waals surface area contributed by atoms with E-state index in [4.69, 9.17) is 4.42 Å². The fourth-order valence-electron chi connectivity index (χ4n) is 9.99. The molecular formula is C62H40N2O. The molecule has 13 rings (SSSR count). The van der Waals surface area contributed by atoms with Crippen LogP contribution in [0.15, 0.2) is 247 Å². The van der Waals surface area contributed by atoms with Crippen LogP contribution >= 0.6 is 0 Å². The molecule has 0 aliphatic rings. The lowest BCUT2D eigenvalue weighted by Crippen LogP contribution is -2.09. The van der Waals surface area contributed by atoms with E-state index in [1.807, 2.05) is 6.07 Å². The first-order chi connectivity index (χ1) is 32.2. The third-order valence-electron chi connectivity index (χ3n) is 13.1. The highest BCUT2D eigenvalue weighted by Gasteiger charge is 2.18. The summed E-state index contributed by atoms with van der Waals surface area (Å²) in [7, 11) is 0. The van der Waals surface area contributed by atoms with Crippen molar-refractivity contribution in [1.29, 1.82) is 0 Å². The SMILES string of the molecule is c1ccc(N(c2ccc3ccccc3c2)c2ccc3cc(-c4cc(-c5ccc6c7ccccc7n(-c7ccccc7)c6c5)cc(-c5cccc6c5oc5ccccc56)c4)ccc3c2)cc1. The molecule has 0 spiro atoms. The number of hydrogen-bond acceptors (Lipinski definition) is 2. The minimum absolute atomic E-state index is 0.894. The van der Waals surface area contributed by atoms with Crippen molar-refractivity contribution in [2.24, 2.45) is 0 Å². The smallest absolute Gasteiger partial charge is 0.143 e. The van der Waals surface area contributed by atoms with Gasteiger partial charge in [-0.15, -0.1) is 0 Å². The lowest BCUT2D eigenvalue weighted by atomic mass is 9.91. The Kier molecular flexibility index (Phi) is 8.53. The Labute approximate surface area is 376 Å². The van der Waals surface area contributed by atoms with Crippen LogP contribution in [0.4, 0.5) is 17.1 Å². The zero-order valence-electron chi connectivity index (χ0n) is 35.4. The van der Waals surface area contributed by atoms with Crippen LogP contribution in [0.3, 0.4) is 0 Å². The van der Waals surface area contributed by atoms with Gasteiger partial charge in [-0.1, -0.05) is 152 Å². The zero-order valence-corrected chi connectivity index (χ0v) is 35.4. The number of nitrogens with zero attached hydrogens (tertiary/aromatic N) is 2. The van der Waals surface area contributed by atoms with Gasteiger partial charge in [0.05, 0.1) is 11.0 Å². The Morgan fingerprint density at radius 2 is 0.877 bits per heavy atom. The summed E-state index contributed by atoms with van der Waals surface area (Å²) in [6, 6.07) is 87.8. The van der Waals surface area contributed by atoms with E-state index in [-0.39, 0.29) is 0 Å². The van der Waals surface area contributed by atoms with Crippen LogP contribution in [0, 0.1) is 0 Å². The fourth-order valence-corrected chi connectivity index (χ4v) is 9.99. The van der Waals surface area contributed by atoms with E-state index in [1.165, 1.54) is 43.4 Å². The first-order valence-corrected chi connectivity index (χ1v) is 22.2. The maximum atomic E-state index is 6.65. The molecule has 0 saturated carbocycles. The molecule has 0 bridgehead atoms. The molecule has 0 unspecified atom stereocenters.